The summed E-state index contributed by atoms with van der Waals surface area (Å²) < 4.78 is 1.03. The molecule has 2 rings (SSSR count). The van der Waals surface area contributed by atoms with Crippen LogP contribution >= 0.6 is 27.3 Å². The number of carbonyl (C=O) groups excluding carboxylic acids is 1. The zero-order valence-corrected chi connectivity index (χ0v) is 14.0. The van der Waals surface area contributed by atoms with Gasteiger partial charge in [-0.05, 0) is 52.7 Å². The van der Waals surface area contributed by atoms with Gasteiger partial charge in [0.25, 0.3) is 5.91 Å². The molecule has 0 radical (unpaired) electrons. The van der Waals surface area contributed by atoms with E-state index in [0.717, 1.165) is 20.5 Å². The second-order valence-corrected chi connectivity index (χ2v) is 6.42. The third-order valence-electron chi connectivity index (χ3n) is 2.72. The highest BCUT2D eigenvalue weighted by Gasteiger charge is 2.07. The van der Waals surface area contributed by atoms with Crippen LogP contribution in [-0.4, -0.2) is 12.5 Å². The van der Waals surface area contributed by atoms with Crippen LogP contribution in [-0.2, 0) is 6.54 Å². The minimum absolute atomic E-state index is 0.0981. The molecule has 3 N–H and O–H groups in total. The van der Waals surface area contributed by atoms with E-state index in [1.54, 1.807) is 17.4 Å². The number of nitrogens with two attached hydrogens (primary N) is 1. The Morgan fingerprint density at radius 3 is 2.86 bits per heavy atom. The van der Waals surface area contributed by atoms with Crippen LogP contribution in [0, 0.1) is 18.8 Å². The molecular formula is C16H15BrN2OS. The van der Waals surface area contributed by atoms with Gasteiger partial charge in [-0.2, -0.15) is 0 Å². The topological polar surface area (TPSA) is 55.1 Å². The summed E-state index contributed by atoms with van der Waals surface area (Å²) in [4.78, 5) is 13.3. The fourth-order valence-corrected chi connectivity index (χ4v) is 3.25. The van der Waals surface area contributed by atoms with Crippen molar-refractivity contribution in [3.8, 4) is 11.8 Å². The Hall–Kier alpha value is -1.61. The molecule has 1 heterocycles. The maximum atomic E-state index is 12.2. The van der Waals surface area contributed by atoms with Gasteiger partial charge in [0, 0.05) is 25.9 Å². The number of hydrogen-bond acceptors (Lipinski definition) is 3. The van der Waals surface area contributed by atoms with Gasteiger partial charge in [0.15, 0.2) is 0 Å². The molecule has 1 aromatic carbocycles. The van der Waals surface area contributed by atoms with E-state index < -0.39 is 0 Å². The summed E-state index contributed by atoms with van der Waals surface area (Å²) in [5.74, 6) is 5.66. The molecule has 1 aromatic heterocycles. The highest BCUT2D eigenvalue weighted by Crippen LogP contribution is 2.19. The SMILES string of the molecule is Cc1cc(C#CCN)cc(C(=O)NCc2cc(Br)cs2)c1. The lowest BCUT2D eigenvalue weighted by Crippen LogP contribution is -2.22. The summed E-state index contributed by atoms with van der Waals surface area (Å²) in [7, 11) is 0. The molecule has 108 valence electrons. The first-order chi connectivity index (χ1) is 10.1. The fraction of sp³-hybridized carbons (Fsp3) is 0.188. The first-order valence-electron chi connectivity index (χ1n) is 6.40. The quantitative estimate of drug-likeness (QED) is 0.824. The summed E-state index contributed by atoms with van der Waals surface area (Å²) >= 11 is 5.01. The normalized spacial score (nSPS) is 9.86. The number of aryl methyl sites for hydroxylation is 1. The van der Waals surface area contributed by atoms with Gasteiger partial charge < -0.3 is 11.1 Å². The molecule has 0 atom stereocenters. The molecule has 3 nitrogen and oxygen atoms in total. The van der Waals surface area contributed by atoms with E-state index in [1.165, 1.54) is 0 Å². The maximum absolute atomic E-state index is 12.2. The molecule has 0 bridgehead atoms. The summed E-state index contributed by atoms with van der Waals surface area (Å²) in [6, 6.07) is 7.58. The standard InChI is InChI=1S/C16H15BrN2OS/c1-11-5-12(3-2-4-18)7-13(6-11)16(20)19-9-15-8-14(17)10-21-15/h5-8,10H,4,9,18H2,1H3,(H,19,20). The van der Waals surface area contributed by atoms with Gasteiger partial charge in [-0.15, -0.1) is 11.3 Å². The van der Waals surface area contributed by atoms with Gasteiger partial charge >= 0.3 is 0 Å². The molecule has 0 fully saturated rings. The molecule has 1 amide bonds. The van der Waals surface area contributed by atoms with Gasteiger partial charge in [-0.1, -0.05) is 11.8 Å². The second-order valence-electron chi connectivity index (χ2n) is 4.51. The van der Waals surface area contributed by atoms with Gasteiger partial charge in [-0.25, -0.2) is 0 Å². The zero-order chi connectivity index (χ0) is 15.2. The Morgan fingerprint density at radius 2 is 2.19 bits per heavy atom. The van der Waals surface area contributed by atoms with Crippen molar-refractivity contribution >= 4 is 33.2 Å². The third-order valence-corrected chi connectivity index (χ3v) is 4.42. The summed E-state index contributed by atoms with van der Waals surface area (Å²) in [5.41, 5.74) is 7.80. The molecule has 2 aromatic rings. The van der Waals surface area contributed by atoms with E-state index >= 15 is 0 Å². The smallest absolute Gasteiger partial charge is 0.251 e. The number of carbonyl (C=O) groups is 1. The predicted octanol–water partition coefficient (Wildman–Crippen LogP) is 3.06. The van der Waals surface area contributed by atoms with Crippen LogP contribution in [0.3, 0.4) is 0 Å². The van der Waals surface area contributed by atoms with E-state index in [0.29, 0.717) is 18.7 Å². The average Bonchev–Trinajstić information content (AvgIpc) is 2.87. The molecule has 0 saturated heterocycles. The van der Waals surface area contributed by atoms with Crippen LogP contribution in [0.15, 0.2) is 34.1 Å². The van der Waals surface area contributed by atoms with Crippen LogP contribution in [0.5, 0.6) is 0 Å². The number of benzene rings is 1. The molecule has 0 aliphatic heterocycles. The van der Waals surface area contributed by atoms with Crippen molar-refractivity contribution in [3.05, 3.63) is 55.7 Å². The predicted molar refractivity (Wildman–Crippen MR) is 90.3 cm³/mol. The average molecular weight is 363 g/mol. The molecule has 0 aliphatic rings. The van der Waals surface area contributed by atoms with Crippen LogP contribution in [0.1, 0.15) is 26.4 Å². The van der Waals surface area contributed by atoms with Gasteiger partial charge in [0.1, 0.15) is 0 Å². The first kappa shape index (κ1) is 15.8. The Kier molecular flexibility index (Phi) is 5.57. The Morgan fingerprint density at radius 1 is 1.38 bits per heavy atom. The fourth-order valence-electron chi connectivity index (χ4n) is 1.86. The molecular weight excluding hydrogens is 348 g/mol. The number of hydrogen-bond donors (Lipinski definition) is 2. The highest BCUT2D eigenvalue weighted by molar-refractivity contribution is 9.10. The molecule has 5 heteroatoms. The maximum Gasteiger partial charge on any atom is 0.251 e. The van der Waals surface area contributed by atoms with Crippen molar-refractivity contribution in [2.24, 2.45) is 5.73 Å². The monoisotopic (exact) mass is 362 g/mol. The summed E-state index contributed by atoms with van der Waals surface area (Å²) in [5, 5.41) is 4.91. The number of rotatable bonds is 3. The lowest BCUT2D eigenvalue weighted by molar-refractivity contribution is 0.0951. The van der Waals surface area contributed by atoms with Crippen molar-refractivity contribution < 1.29 is 4.79 Å². The van der Waals surface area contributed by atoms with E-state index in [9.17, 15) is 4.79 Å². The van der Waals surface area contributed by atoms with E-state index in [2.05, 4.69) is 33.1 Å². The van der Waals surface area contributed by atoms with Gasteiger partial charge in [0.2, 0.25) is 0 Å². The van der Waals surface area contributed by atoms with Crippen molar-refractivity contribution in [2.45, 2.75) is 13.5 Å². The van der Waals surface area contributed by atoms with E-state index in [4.69, 9.17) is 5.73 Å². The van der Waals surface area contributed by atoms with Gasteiger partial charge in [-0.3, -0.25) is 4.79 Å². The van der Waals surface area contributed by atoms with Crippen molar-refractivity contribution in [1.29, 1.82) is 0 Å². The van der Waals surface area contributed by atoms with Crippen LogP contribution in [0.4, 0.5) is 0 Å². The number of nitrogens with one attached hydrogen (secondary N) is 1. The number of thiophene rings is 1. The van der Waals surface area contributed by atoms with Crippen molar-refractivity contribution in [3.63, 3.8) is 0 Å². The highest BCUT2D eigenvalue weighted by atomic mass is 79.9. The van der Waals surface area contributed by atoms with Crippen molar-refractivity contribution in [1.82, 2.24) is 5.32 Å². The van der Waals surface area contributed by atoms with Crippen LogP contribution < -0.4 is 11.1 Å². The minimum Gasteiger partial charge on any atom is -0.347 e. The largest absolute Gasteiger partial charge is 0.347 e. The Balaban J connectivity index is 2.09. The second kappa shape index (κ2) is 7.41. The number of amides is 1. The minimum atomic E-state index is -0.0981. The lowest BCUT2D eigenvalue weighted by Gasteiger charge is -2.05. The van der Waals surface area contributed by atoms with Crippen molar-refractivity contribution in [2.75, 3.05) is 6.54 Å². The Labute approximate surface area is 136 Å². The molecule has 0 saturated carbocycles. The van der Waals surface area contributed by atoms with E-state index in [1.807, 2.05) is 30.5 Å². The molecule has 0 unspecified atom stereocenters. The number of halogens is 1. The summed E-state index contributed by atoms with van der Waals surface area (Å²) in [6.45, 7) is 2.77. The van der Waals surface area contributed by atoms with Crippen LogP contribution in [0.2, 0.25) is 0 Å². The third kappa shape index (κ3) is 4.71. The molecule has 21 heavy (non-hydrogen) atoms. The van der Waals surface area contributed by atoms with Gasteiger partial charge in [0.05, 0.1) is 13.1 Å². The van der Waals surface area contributed by atoms with E-state index in [-0.39, 0.29) is 5.91 Å². The zero-order valence-electron chi connectivity index (χ0n) is 11.6. The lowest BCUT2D eigenvalue weighted by atomic mass is 10.1. The Bertz CT molecular complexity index is 713. The molecule has 0 spiro atoms. The first-order valence-corrected chi connectivity index (χ1v) is 8.07. The molecule has 0 aliphatic carbocycles. The summed E-state index contributed by atoms with van der Waals surface area (Å²) in [6.07, 6.45) is 0. The van der Waals surface area contributed by atoms with Crippen LogP contribution in [0.25, 0.3) is 0 Å².